The van der Waals surface area contributed by atoms with Gasteiger partial charge in [0.25, 0.3) is 0 Å². The van der Waals surface area contributed by atoms with Crippen molar-refractivity contribution in [1.29, 1.82) is 0 Å². The molecule has 0 aliphatic heterocycles. The van der Waals surface area contributed by atoms with Crippen molar-refractivity contribution < 1.29 is 9.57 Å². The first kappa shape index (κ1) is 9.49. The molecule has 0 saturated heterocycles. The Morgan fingerprint density at radius 3 is 2.57 bits per heavy atom. The Labute approximate surface area is 84.0 Å². The molecule has 0 unspecified atom stereocenters. The maximum atomic E-state index is 5.63. The zero-order valence-corrected chi connectivity index (χ0v) is 8.32. The number of ether oxygens (including phenoxy) is 1. The molecule has 1 aromatic carbocycles. The van der Waals surface area contributed by atoms with Gasteiger partial charge in [-0.05, 0) is 30.5 Å². The van der Waals surface area contributed by atoms with Gasteiger partial charge in [-0.15, -0.1) is 0 Å². The lowest BCUT2D eigenvalue weighted by atomic mass is 10.2. The van der Waals surface area contributed by atoms with E-state index in [2.05, 4.69) is 5.48 Å². The summed E-state index contributed by atoms with van der Waals surface area (Å²) < 4.78 is 5.63. The SMILES string of the molecule is CONCc1ccc(OC2CC2)cc1. The van der Waals surface area contributed by atoms with Crippen LogP contribution in [0.2, 0.25) is 0 Å². The Bertz CT molecular complexity index is 280. The lowest BCUT2D eigenvalue weighted by Gasteiger charge is -2.05. The second-order valence-electron chi connectivity index (χ2n) is 3.49. The van der Waals surface area contributed by atoms with Crippen LogP contribution in [0.3, 0.4) is 0 Å². The molecule has 1 aromatic rings. The average Bonchev–Trinajstić information content (AvgIpc) is 3.01. The third kappa shape index (κ3) is 2.72. The highest BCUT2D eigenvalue weighted by atomic mass is 16.6. The molecule has 3 nitrogen and oxygen atoms in total. The minimum Gasteiger partial charge on any atom is -0.490 e. The molecule has 1 saturated carbocycles. The normalized spacial score (nSPS) is 15.5. The highest BCUT2D eigenvalue weighted by molar-refractivity contribution is 5.27. The maximum absolute atomic E-state index is 5.63. The average molecular weight is 193 g/mol. The molecule has 3 heteroatoms. The number of rotatable bonds is 5. The molecule has 76 valence electrons. The number of hydroxylamine groups is 1. The number of hydrogen-bond donors (Lipinski definition) is 1. The minimum absolute atomic E-state index is 0.470. The quantitative estimate of drug-likeness (QED) is 0.724. The van der Waals surface area contributed by atoms with Gasteiger partial charge in [-0.2, -0.15) is 5.48 Å². The van der Waals surface area contributed by atoms with Crippen LogP contribution in [0.4, 0.5) is 0 Å². The molecule has 0 spiro atoms. The predicted molar refractivity (Wildman–Crippen MR) is 53.9 cm³/mol. The maximum Gasteiger partial charge on any atom is 0.119 e. The van der Waals surface area contributed by atoms with E-state index < -0.39 is 0 Å². The van der Waals surface area contributed by atoms with Gasteiger partial charge in [0.15, 0.2) is 0 Å². The minimum atomic E-state index is 0.470. The van der Waals surface area contributed by atoms with E-state index in [0.29, 0.717) is 6.10 Å². The molecule has 0 radical (unpaired) electrons. The summed E-state index contributed by atoms with van der Waals surface area (Å²) in [6.45, 7) is 0.722. The summed E-state index contributed by atoms with van der Waals surface area (Å²) in [5.74, 6) is 0.966. The van der Waals surface area contributed by atoms with Crippen molar-refractivity contribution in [2.45, 2.75) is 25.5 Å². The van der Waals surface area contributed by atoms with Crippen LogP contribution in [0.25, 0.3) is 0 Å². The first-order chi connectivity index (χ1) is 6.88. The lowest BCUT2D eigenvalue weighted by Crippen LogP contribution is -2.10. The second kappa shape index (κ2) is 4.44. The Kier molecular flexibility index (Phi) is 3.01. The van der Waals surface area contributed by atoms with Crippen LogP contribution >= 0.6 is 0 Å². The van der Waals surface area contributed by atoms with Gasteiger partial charge in [0.1, 0.15) is 5.75 Å². The molecule has 2 rings (SSSR count). The van der Waals surface area contributed by atoms with E-state index in [1.54, 1.807) is 7.11 Å². The summed E-state index contributed by atoms with van der Waals surface area (Å²) in [7, 11) is 1.62. The van der Waals surface area contributed by atoms with Gasteiger partial charge < -0.3 is 9.57 Å². The van der Waals surface area contributed by atoms with Crippen molar-refractivity contribution in [3.63, 3.8) is 0 Å². The topological polar surface area (TPSA) is 30.5 Å². The summed E-state index contributed by atoms with van der Waals surface area (Å²) in [6, 6.07) is 8.10. The van der Waals surface area contributed by atoms with E-state index >= 15 is 0 Å². The number of nitrogens with one attached hydrogen (secondary N) is 1. The lowest BCUT2D eigenvalue weighted by molar-refractivity contribution is 0.0867. The number of hydrogen-bond acceptors (Lipinski definition) is 3. The molecule has 1 aliphatic carbocycles. The van der Waals surface area contributed by atoms with Gasteiger partial charge in [0, 0.05) is 6.54 Å². The molecular weight excluding hydrogens is 178 g/mol. The van der Waals surface area contributed by atoms with Crippen LogP contribution in [0.15, 0.2) is 24.3 Å². The van der Waals surface area contributed by atoms with Crippen molar-refractivity contribution in [2.75, 3.05) is 7.11 Å². The molecule has 1 N–H and O–H groups in total. The molecule has 1 fully saturated rings. The smallest absolute Gasteiger partial charge is 0.119 e. The third-order valence-electron chi connectivity index (χ3n) is 2.17. The van der Waals surface area contributed by atoms with Crippen molar-refractivity contribution >= 4 is 0 Å². The second-order valence-corrected chi connectivity index (χ2v) is 3.49. The monoisotopic (exact) mass is 193 g/mol. The Balaban J connectivity index is 1.88. The molecule has 0 aromatic heterocycles. The summed E-state index contributed by atoms with van der Waals surface area (Å²) >= 11 is 0. The Morgan fingerprint density at radius 2 is 2.00 bits per heavy atom. The fourth-order valence-electron chi connectivity index (χ4n) is 1.22. The van der Waals surface area contributed by atoms with Crippen LogP contribution in [-0.4, -0.2) is 13.2 Å². The van der Waals surface area contributed by atoms with Crippen molar-refractivity contribution in [3.8, 4) is 5.75 Å². The predicted octanol–water partition coefficient (Wildman–Crippen LogP) is 1.88. The summed E-state index contributed by atoms with van der Waals surface area (Å²) in [6.07, 6.45) is 2.87. The van der Waals surface area contributed by atoms with Gasteiger partial charge >= 0.3 is 0 Å². The third-order valence-corrected chi connectivity index (χ3v) is 2.17. The van der Waals surface area contributed by atoms with Crippen LogP contribution in [-0.2, 0) is 11.4 Å². The zero-order chi connectivity index (χ0) is 9.80. The fraction of sp³-hybridized carbons (Fsp3) is 0.455. The molecule has 0 amide bonds. The molecule has 1 aliphatic rings. The summed E-state index contributed by atoms with van der Waals surface area (Å²) in [5, 5.41) is 0. The van der Waals surface area contributed by atoms with Crippen LogP contribution < -0.4 is 10.2 Å². The Hall–Kier alpha value is -1.06. The van der Waals surface area contributed by atoms with Crippen molar-refractivity contribution in [3.05, 3.63) is 29.8 Å². The van der Waals surface area contributed by atoms with Crippen molar-refractivity contribution in [2.24, 2.45) is 0 Å². The highest BCUT2D eigenvalue weighted by Crippen LogP contribution is 2.26. The Morgan fingerprint density at radius 1 is 1.29 bits per heavy atom. The van der Waals surface area contributed by atoms with Gasteiger partial charge in [0.2, 0.25) is 0 Å². The summed E-state index contributed by atoms with van der Waals surface area (Å²) in [5.41, 5.74) is 3.99. The van der Waals surface area contributed by atoms with Crippen LogP contribution in [0, 0.1) is 0 Å². The number of benzene rings is 1. The van der Waals surface area contributed by atoms with Gasteiger partial charge in [0.05, 0.1) is 13.2 Å². The van der Waals surface area contributed by atoms with E-state index in [1.807, 2.05) is 24.3 Å². The largest absolute Gasteiger partial charge is 0.490 e. The standard InChI is InChI=1S/C11H15NO2/c1-13-12-8-9-2-4-10(5-3-9)14-11-6-7-11/h2-5,11-12H,6-8H2,1H3. The first-order valence-electron chi connectivity index (χ1n) is 4.90. The van der Waals surface area contributed by atoms with E-state index in [-0.39, 0.29) is 0 Å². The first-order valence-corrected chi connectivity index (χ1v) is 4.90. The molecular formula is C11H15NO2. The van der Waals surface area contributed by atoms with E-state index in [1.165, 1.54) is 18.4 Å². The zero-order valence-electron chi connectivity index (χ0n) is 8.32. The molecule has 14 heavy (non-hydrogen) atoms. The molecule has 0 atom stereocenters. The van der Waals surface area contributed by atoms with E-state index in [4.69, 9.17) is 9.57 Å². The van der Waals surface area contributed by atoms with Crippen LogP contribution in [0.5, 0.6) is 5.75 Å². The van der Waals surface area contributed by atoms with Gasteiger partial charge in [-0.1, -0.05) is 12.1 Å². The van der Waals surface area contributed by atoms with E-state index in [9.17, 15) is 0 Å². The summed E-state index contributed by atoms with van der Waals surface area (Å²) in [4.78, 5) is 4.77. The fourth-order valence-corrected chi connectivity index (χ4v) is 1.22. The van der Waals surface area contributed by atoms with Crippen molar-refractivity contribution in [1.82, 2.24) is 5.48 Å². The van der Waals surface area contributed by atoms with Gasteiger partial charge in [-0.3, -0.25) is 0 Å². The van der Waals surface area contributed by atoms with Gasteiger partial charge in [-0.25, -0.2) is 0 Å². The van der Waals surface area contributed by atoms with Crippen LogP contribution in [0.1, 0.15) is 18.4 Å². The molecule has 0 heterocycles. The van der Waals surface area contributed by atoms with E-state index in [0.717, 1.165) is 12.3 Å². The highest BCUT2D eigenvalue weighted by Gasteiger charge is 2.23. The molecule has 0 bridgehead atoms.